The highest BCUT2D eigenvalue weighted by Crippen LogP contribution is 2.46. The average molecular weight is 428 g/mol. The Morgan fingerprint density at radius 1 is 1.28 bits per heavy atom. The number of nitrogens with one attached hydrogen (secondary N) is 1. The number of Topliss-reactive ketones (excluding diaryl/α,β-unsaturated/α-hetero) is 1. The fraction of sp³-hybridized carbons (Fsp3) is 0.391. The van der Waals surface area contributed by atoms with Gasteiger partial charge in [0.15, 0.2) is 5.78 Å². The highest BCUT2D eigenvalue weighted by molar-refractivity contribution is 7.10. The number of hydrogen-bond donors (Lipinski definition) is 1. The lowest BCUT2D eigenvalue weighted by molar-refractivity contribution is -0.140. The number of rotatable bonds is 5. The van der Waals surface area contributed by atoms with Crippen LogP contribution in [0.4, 0.5) is 0 Å². The molecule has 0 bridgehead atoms. The van der Waals surface area contributed by atoms with E-state index >= 15 is 0 Å². The maximum absolute atomic E-state index is 13.3. The van der Waals surface area contributed by atoms with Crippen LogP contribution in [0, 0.1) is 5.92 Å². The van der Waals surface area contributed by atoms with Gasteiger partial charge in [-0.1, -0.05) is 19.9 Å². The van der Waals surface area contributed by atoms with Crippen molar-refractivity contribution >= 4 is 34.4 Å². The number of carbonyl (C=O) groups is 2. The van der Waals surface area contributed by atoms with Crippen LogP contribution in [0.2, 0.25) is 0 Å². The number of allylic oxidation sites excluding steroid dienone is 3. The molecule has 152 valence electrons. The number of hydrogen-bond acceptors (Lipinski definition) is 6. The molecule has 2 aromatic heterocycles. The van der Waals surface area contributed by atoms with E-state index in [1.165, 1.54) is 4.88 Å². The molecule has 4 nitrogen and oxygen atoms in total. The second kappa shape index (κ2) is 8.28. The van der Waals surface area contributed by atoms with Crippen molar-refractivity contribution < 1.29 is 14.3 Å². The van der Waals surface area contributed by atoms with Crippen LogP contribution in [0.5, 0.6) is 0 Å². The van der Waals surface area contributed by atoms with Gasteiger partial charge in [-0.2, -0.15) is 11.3 Å². The quantitative estimate of drug-likeness (QED) is 0.652. The minimum atomic E-state index is -0.353. The molecule has 0 amide bonds. The Morgan fingerprint density at radius 3 is 2.76 bits per heavy atom. The maximum atomic E-state index is 13.3. The van der Waals surface area contributed by atoms with Gasteiger partial charge in [0.05, 0.1) is 12.2 Å². The molecule has 1 aliphatic carbocycles. The van der Waals surface area contributed by atoms with Crippen molar-refractivity contribution in [2.75, 3.05) is 6.61 Å². The fourth-order valence-corrected chi connectivity index (χ4v) is 5.64. The van der Waals surface area contributed by atoms with E-state index in [1.54, 1.807) is 22.7 Å². The lowest BCUT2D eigenvalue weighted by atomic mass is 9.73. The molecule has 2 aliphatic rings. The van der Waals surface area contributed by atoms with Crippen molar-refractivity contribution in [3.8, 4) is 0 Å². The Hall–Kier alpha value is -2.18. The lowest BCUT2D eigenvalue weighted by Gasteiger charge is -2.36. The van der Waals surface area contributed by atoms with Crippen molar-refractivity contribution in [1.82, 2.24) is 5.32 Å². The van der Waals surface area contributed by atoms with Gasteiger partial charge in [0.1, 0.15) is 0 Å². The number of carbonyl (C=O) groups excluding carboxylic acids is 2. The first-order valence-electron chi connectivity index (χ1n) is 9.92. The Bertz CT molecular complexity index is 968. The molecule has 0 unspecified atom stereocenters. The summed E-state index contributed by atoms with van der Waals surface area (Å²) in [5.41, 5.74) is 4.02. The van der Waals surface area contributed by atoms with Gasteiger partial charge < -0.3 is 10.1 Å². The monoisotopic (exact) mass is 427 g/mol. The maximum Gasteiger partial charge on any atom is 0.336 e. The molecule has 6 heteroatoms. The third-order valence-electron chi connectivity index (χ3n) is 5.42. The molecule has 0 spiro atoms. The van der Waals surface area contributed by atoms with Gasteiger partial charge in [-0.25, -0.2) is 4.79 Å². The van der Waals surface area contributed by atoms with Crippen molar-refractivity contribution in [3.63, 3.8) is 0 Å². The number of esters is 1. The van der Waals surface area contributed by atoms with E-state index in [9.17, 15) is 9.59 Å². The largest absolute Gasteiger partial charge is 0.462 e. The minimum Gasteiger partial charge on any atom is -0.462 e. The first kappa shape index (κ1) is 20.1. The molecule has 2 atom stereocenters. The van der Waals surface area contributed by atoms with Gasteiger partial charge >= 0.3 is 5.97 Å². The number of ketones is 1. The molecular weight excluding hydrogens is 402 g/mol. The summed E-state index contributed by atoms with van der Waals surface area (Å²) in [6, 6.07) is 6.14. The highest BCUT2D eigenvalue weighted by atomic mass is 32.1. The molecule has 29 heavy (non-hydrogen) atoms. The fourth-order valence-electron chi connectivity index (χ4n) is 4.13. The summed E-state index contributed by atoms with van der Waals surface area (Å²) >= 11 is 3.28. The molecule has 3 heterocycles. The Morgan fingerprint density at radius 2 is 2.10 bits per heavy atom. The zero-order valence-electron chi connectivity index (χ0n) is 16.9. The smallest absolute Gasteiger partial charge is 0.336 e. The normalized spacial score (nSPS) is 22.0. The van der Waals surface area contributed by atoms with Crippen molar-refractivity contribution in [1.29, 1.82) is 0 Å². The summed E-state index contributed by atoms with van der Waals surface area (Å²) in [6.45, 7) is 6.31. The first-order valence-corrected chi connectivity index (χ1v) is 11.7. The van der Waals surface area contributed by atoms with E-state index in [0.717, 1.165) is 29.0 Å². The third kappa shape index (κ3) is 3.96. The van der Waals surface area contributed by atoms with Gasteiger partial charge in [-0.3, -0.25) is 4.79 Å². The van der Waals surface area contributed by atoms with Crippen LogP contribution in [0.25, 0.3) is 0 Å². The molecule has 4 rings (SSSR count). The summed E-state index contributed by atoms with van der Waals surface area (Å²) in [7, 11) is 0. The van der Waals surface area contributed by atoms with Gasteiger partial charge in [0.25, 0.3) is 0 Å². The minimum absolute atomic E-state index is 0.120. The first-order chi connectivity index (χ1) is 14.0. The van der Waals surface area contributed by atoms with Crippen LogP contribution in [-0.2, 0) is 14.3 Å². The zero-order chi connectivity index (χ0) is 20.5. The summed E-state index contributed by atoms with van der Waals surface area (Å²) in [4.78, 5) is 27.6. The van der Waals surface area contributed by atoms with E-state index in [-0.39, 0.29) is 29.5 Å². The van der Waals surface area contributed by atoms with Gasteiger partial charge in [-0.15, -0.1) is 11.3 Å². The van der Waals surface area contributed by atoms with Crippen LogP contribution in [0.1, 0.15) is 55.9 Å². The van der Waals surface area contributed by atoms with Crippen LogP contribution in [-0.4, -0.2) is 18.4 Å². The van der Waals surface area contributed by atoms with Gasteiger partial charge in [-0.05, 0) is 53.1 Å². The van der Waals surface area contributed by atoms with Crippen LogP contribution >= 0.6 is 22.7 Å². The zero-order valence-corrected chi connectivity index (χ0v) is 18.5. The predicted molar refractivity (Wildman–Crippen MR) is 117 cm³/mol. The summed E-state index contributed by atoms with van der Waals surface area (Å²) in [5.74, 6) is -0.114. The van der Waals surface area contributed by atoms with Gasteiger partial charge in [0.2, 0.25) is 0 Å². The summed E-state index contributed by atoms with van der Waals surface area (Å²) < 4.78 is 5.57. The van der Waals surface area contributed by atoms with E-state index in [1.807, 2.05) is 43.7 Å². The van der Waals surface area contributed by atoms with E-state index in [2.05, 4.69) is 16.8 Å². The molecule has 0 saturated heterocycles. The molecule has 0 aromatic carbocycles. The molecule has 1 N–H and O–H groups in total. The molecule has 0 radical (unpaired) electrons. The van der Waals surface area contributed by atoms with Crippen LogP contribution in [0.15, 0.2) is 56.9 Å². The Kier molecular flexibility index (Phi) is 5.74. The lowest BCUT2D eigenvalue weighted by Crippen LogP contribution is -2.36. The molecule has 2 aromatic rings. The van der Waals surface area contributed by atoms with E-state index in [4.69, 9.17) is 4.74 Å². The molecular formula is C23H25NO3S2. The number of ether oxygens (including phenoxy) is 1. The number of thiophene rings is 2. The molecule has 1 aliphatic heterocycles. The second-order valence-corrected chi connectivity index (χ2v) is 9.84. The van der Waals surface area contributed by atoms with Crippen molar-refractivity contribution in [2.45, 2.75) is 45.4 Å². The van der Waals surface area contributed by atoms with Crippen LogP contribution in [0.3, 0.4) is 0 Å². The highest BCUT2D eigenvalue weighted by Gasteiger charge is 2.41. The summed E-state index contributed by atoms with van der Waals surface area (Å²) in [6.07, 6.45) is 1.27. The average Bonchev–Trinajstić information content (AvgIpc) is 3.38. The SMILES string of the molecule is CC1=C(C(=O)OCC(C)C)[C@@H](c2ccsc2)C2=C(C[C@H](c3cccs3)CC2=O)N1. The third-order valence-corrected chi connectivity index (χ3v) is 7.15. The molecule has 0 fully saturated rings. The summed E-state index contributed by atoms with van der Waals surface area (Å²) in [5, 5.41) is 9.47. The second-order valence-electron chi connectivity index (χ2n) is 8.08. The Balaban J connectivity index is 1.72. The van der Waals surface area contributed by atoms with Crippen molar-refractivity contribution in [3.05, 3.63) is 67.3 Å². The Labute approximate surface area is 179 Å². The topological polar surface area (TPSA) is 55.4 Å². The predicted octanol–water partition coefficient (Wildman–Crippen LogP) is 5.37. The van der Waals surface area contributed by atoms with Crippen LogP contribution < -0.4 is 5.32 Å². The van der Waals surface area contributed by atoms with E-state index in [0.29, 0.717) is 18.6 Å². The van der Waals surface area contributed by atoms with Crippen molar-refractivity contribution in [2.24, 2.45) is 5.92 Å². The standard InChI is InChI=1S/C23H25NO3S2/c1-13(2)11-27-23(26)20-14(3)24-17-9-16(19-5-4-7-29-19)10-18(25)22(17)21(20)15-6-8-28-12-15/h4-8,12-13,16,21,24H,9-11H2,1-3H3/t16-,21+/m0/s1. The number of dihydropyridines is 1. The van der Waals surface area contributed by atoms with Gasteiger partial charge in [0, 0.05) is 40.1 Å². The van der Waals surface area contributed by atoms with E-state index < -0.39 is 0 Å². The molecule has 0 saturated carbocycles.